The third kappa shape index (κ3) is 4.65. The van der Waals surface area contributed by atoms with Gasteiger partial charge in [0, 0.05) is 21.0 Å². The molecule has 0 fully saturated rings. The molecular weight excluding hydrogens is 396 g/mol. The van der Waals surface area contributed by atoms with Crippen molar-refractivity contribution in [1.82, 2.24) is 4.98 Å². The van der Waals surface area contributed by atoms with Crippen molar-refractivity contribution in [2.24, 2.45) is 0 Å². The average Bonchev–Trinajstić information content (AvgIpc) is 2.95. The summed E-state index contributed by atoms with van der Waals surface area (Å²) in [5.41, 5.74) is 4.12. The number of carbonyl (C=O) groups excluding carboxylic acids is 1. The van der Waals surface area contributed by atoms with Gasteiger partial charge in [-0.3, -0.25) is 10.1 Å². The second-order valence-corrected chi connectivity index (χ2v) is 7.78. The zero-order valence-electron chi connectivity index (χ0n) is 13.9. The Labute approximate surface area is 159 Å². The molecule has 0 spiro atoms. The highest BCUT2D eigenvalue weighted by Gasteiger charge is 2.11. The summed E-state index contributed by atoms with van der Waals surface area (Å²) in [5.74, 6) is -0.184. The van der Waals surface area contributed by atoms with E-state index in [0.717, 1.165) is 26.2 Å². The molecular formula is C20H17BrN2OS. The molecule has 1 heterocycles. The van der Waals surface area contributed by atoms with Gasteiger partial charge in [-0.25, -0.2) is 4.98 Å². The molecule has 25 heavy (non-hydrogen) atoms. The van der Waals surface area contributed by atoms with Gasteiger partial charge in [-0.1, -0.05) is 57.9 Å². The number of nitrogens with zero attached hydrogens (tertiary/aromatic N) is 1. The first kappa shape index (κ1) is 17.6. The van der Waals surface area contributed by atoms with Crippen LogP contribution in [0.4, 0.5) is 5.13 Å². The lowest BCUT2D eigenvalue weighted by molar-refractivity contribution is -0.111. The summed E-state index contributed by atoms with van der Waals surface area (Å²) in [6.45, 7) is 4.04. The van der Waals surface area contributed by atoms with E-state index in [1.54, 1.807) is 6.08 Å². The first-order valence-electron chi connectivity index (χ1n) is 7.80. The number of hydrogen-bond donors (Lipinski definition) is 1. The normalized spacial score (nSPS) is 11.0. The van der Waals surface area contributed by atoms with E-state index in [9.17, 15) is 4.79 Å². The van der Waals surface area contributed by atoms with Crippen LogP contribution in [-0.2, 0) is 4.79 Å². The van der Waals surface area contributed by atoms with E-state index in [2.05, 4.69) is 26.2 Å². The maximum atomic E-state index is 12.1. The molecule has 0 aliphatic carbocycles. The van der Waals surface area contributed by atoms with Gasteiger partial charge in [-0.2, -0.15) is 0 Å². The quantitative estimate of drug-likeness (QED) is 0.546. The monoisotopic (exact) mass is 412 g/mol. The van der Waals surface area contributed by atoms with Crippen LogP contribution in [-0.4, -0.2) is 10.9 Å². The van der Waals surface area contributed by atoms with Crippen molar-refractivity contribution >= 4 is 44.4 Å². The van der Waals surface area contributed by atoms with Gasteiger partial charge in [-0.05, 0) is 37.6 Å². The molecule has 1 amide bonds. The van der Waals surface area contributed by atoms with Crippen molar-refractivity contribution in [3.8, 4) is 11.3 Å². The Morgan fingerprint density at radius 1 is 1.08 bits per heavy atom. The second kappa shape index (κ2) is 7.76. The molecule has 2 aromatic carbocycles. The number of aryl methyl sites for hydroxylation is 2. The molecule has 0 aliphatic rings. The minimum absolute atomic E-state index is 0.184. The fourth-order valence-electron chi connectivity index (χ4n) is 2.32. The molecule has 5 heteroatoms. The number of nitrogens with one attached hydrogen (secondary N) is 1. The number of carbonyl (C=O) groups is 1. The standard InChI is InChI=1S/C20H17BrN2OS/c1-13-3-5-15(6-4-13)7-12-18(24)22-20-23-19(14(2)25-20)16-8-10-17(21)11-9-16/h3-12H,1-2H3,(H,22,23,24)/b12-7+. The summed E-state index contributed by atoms with van der Waals surface area (Å²) in [4.78, 5) is 17.7. The lowest BCUT2D eigenvalue weighted by atomic mass is 10.1. The van der Waals surface area contributed by atoms with Gasteiger partial charge in [0.2, 0.25) is 5.91 Å². The molecule has 0 unspecified atom stereocenters. The Hall–Kier alpha value is -2.24. The maximum absolute atomic E-state index is 12.1. The fourth-order valence-corrected chi connectivity index (χ4v) is 3.43. The van der Waals surface area contributed by atoms with Crippen LogP contribution in [0.15, 0.2) is 59.1 Å². The fraction of sp³-hybridized carbons (Fsp3) is 0.100. The number of halogens is 1. The topological polar surface area (TPSA) is 42.0 Å². The summed E-state index contributed by atoms with van der Waals surface area (Å²) in [6, 6.07) is 16.0. The molecule has 0 aliphatic heterocycles. The van der Waals surface area contributed by atoms with E-state index in [1.807, 2.05) is 62.4 Å². The summed E-state index contributed by atoms with van der Waals surface area (Å²) >= 11 is 4.91. The number of benzene rings is 2. The summed E-state index contributed by atoms with van der Waals surface area (Å²) in [6.07, 6.45) is 3.32. The van der Waals surface area contributed by atoms with E-state index in [4.69, 9.17) is 0 Å². The van der Waals surface area contributed by atoms with Gasteiger partial charge in [0.1, 0.15) is 0 Å². The number of amides is 1. The first-order chi connectivity index (χ1) is 12.0. The minimum Gasteiger partial charge on any atom is -0.298 e. The highest BCUT2D eigenvalue weighted by Crippen LogP contribution is 2.31. The van der Waals surface area contributed by atoms with Crippen LogP contribution in [0.2, 0.25) is 0 Å². The zero-order valence-corrected chi connectivity index (χ0v) is 16.3. The van der Waals surface area contributed by atoms with Crippen LogP contribution in [0.3, 0.4) is 0 Å². The molecule has 0 saturated carbocycles. The SMILES string of the molecule is Cc1ccc(/C=C/C(=O)Nc2nc(-c3ccc(Br)cc3)c(C)s2)cc1. The summed E-state index contributed by atoms with van der Waals surface area (Å²) in [5, 5.41) is 3.44. The largest absolute Gasteiger partial charge is 0.298 e. The van der Waals surface area contributed by atoms with Gasteiger partial charge >= 0.3 is 0 Å². The van der Waals surface area contributed by atoms with E-state index >= 15 is 0 Å². The van der Waals surface area contributed by atoms with Crippen LogP contribution < -0.4 is 5.32 Å². The molecule has 3 nitrogen and oxygen atoms in total. The van der Waals surface area contributed by atoms with Gasteiger partial charge in [0.05, 0.1) is 5.69 Å². The minimum atomic E-state index is -0.184. The number of hydrogen-bond acceptors (Lipinski definition) is 3. The summed E-state index contributed by atoms with van der Waals surface area (Å²) < 4.78 is 1.03. The van der Waals surface area contributed by atoms with Crippen molar-refractivity contribution < 1.29 is 4.79 Å². The molecule has 0 saturated heterocycles. The Bertz CT molecular complexity index is 912. The Kier molecular flexibility index (Phi) is 5.46. The van der Waals surface area contributed by atoms with Gasteiger partial charge < -0.3 is 0 Å². The van der Waals surface area contributed by atoms with Crippen molar-refractivity contribution in [2.75, 3.05) is 5.32 Å². The van der Waals surface area contributed by atoms with E-state index < -0.39 is 0 Å². The van der Waals surface area contributed by atoms with E-state index in [-0.39, 0.29) is 5.91 Å². The lowest BCUT2D eigenvalue weighted by Gasteiger charge is -1.99. The van der Waals surface area contributed by atoms with Crippen LogP contribution in [0.5, 0.6) is 0 Å². The average molecular weight is 413 g/mol. The first-order valence-corrected chi connectivity index (χ1v) is 9.41. The van der Waals surface area contributed by atoms with Crippen molar-refractivity contribution in [1.29, 1.82) is 0 Å². The predicted molar refractivity (Wildman–Crippen MR) is 109 cm³/mol. The van der Waals surface area contributed by atoms with Gasteiger partial charge in [0.25, 0.3) is 0 Å². The smallest absolute Gasteiger partial charge is 0.250 e. The molecule has 3 rings (SSSR count). The van der Waals surface area contributed by atoms with Crippen LogP contribution in [0.25, 0.3) is 17.3 Å². The highest BCUT2D eigenvalue weighted by molar-refractivity contribution is 9.10. The van der Waals surface area contributed by atoms with E-state index in [1.165, 1.54) is 23.0 Å². The number of anilines is 1. The van der Waals surface area contributed by atoms with Crippen LogP contribution in [0.1, 0.15) is 16.0 Å². The van der Waals surface area contributed by atoms with Crippen molar-refractivity contribution in [3.63, 3.8) is 0 Å². The maximum Gasteiger partial charge on any atom is 0.250 e. The van der Waals surface area contributed by atoms with E-state index in [0.29, 0.717) is 5.13 Å². The van der Waals surface area contributed by atoms with Crippen LogP contribution in [0, 0.1) is 13.8 Å². The molecule has 1 N–H and O–H groups in total. The number of thiazole rings is 1. The van der Waals surface area contributed by atoms with Crippen LogP contribution >= 0.6 is 27.3 Å². The van der Waals surface area contributed by atoms with Gasteiger partial charge in [-0.15, -0.1) is 11.3 Å². The molecule has 0 radical (unpaired) electrons. The molecule has 0 atom stereocenters. The Morgan fingerprint density at radius 2 is 1.76 bits per heavy atom. The zero-order chi connectivity index (χ0) is 17.8. The summed E-state index contributed by atoms with van der Waals surface area (Å²) in [7, 11) is 0. The van der Waals surface area contributed by atoms with Crippen molar-refractivity contribution in [2.45, 2.75) is 13.8 Å². The van der Waals surface area contributed by atoms with Gasteiger partial charge in [0.15, 0.2) is 5.13 Å². The third-order valence-electron chi connectivity index (χ3n) is 3.65. The highest BCUT2D eigenvalue weighted by atomic mass is 79.9. The predicted octanol–water partition coefficient (Wildman–Crippen LogP) is 5.84. The number of rotatable bonds is 4. The molecule has 1 aromatic heterocycles. The molecule has 0 bridgehead atoms. The Morgan fingerprint density at radius 3 is 2.44 bits per heavy atom. The molecule has 3 aromatic rings. The van der Waals surface area contributed by atoms with Crippen molar-refractivity contribution in [3.05, 3.63) is 75.1 Å². The third-order valence-corrected chi connectivity index (χ3v) is 5.06. The lowest BCUT2D eigenvalue weighted by Crippen LogP contribution is -2.07. The second-order valence-electron chi connectivity index (χ2n) is 5.66. The molecule has 126 valence electrons. The Balaban J connectivity index is 1.70. The number of aromatic nitrogens is 1.